The summed E-state index contributed by atoms with van der Waals surface area (Å²) >= 11 is 8.02. The van der Waals surface area contributed by atoms with E-state index in [1.54, 1.807) is 11.3 Å². The van der Waals surface area contributed by atoms with Crippen LogP contribution >= 0.6 is 22.9 Å². The SMILES string of the molecule is ClC1CCCCC(Cc2cn3ccsc3n2)C1. The first kappa shape index (κ1) is 11.5. The molecule has 0 aliphatic heterocycles. The fourth-order valence-electron chi connectivity index (χ4n) is 2.75. The Bertz CT molecular complexity index is 462. The van der Waals surface area contributed by atoms with Crippen molar-refractivity contribution in [2.75, 3.05) is 0 Å². The summed E-state index contributed by atoms with van der Waals surface area (Å²) in [7, 11) is 0. The van der Waals surface area contributed by atoms with Gasteiger partial charge in [0.2, 0.25) is 0 Å². The molecule has 0 aromatic carbocycles. The van der Waals surface area contributed by atoms with Crippen molar-refractivity contribution in [3.8, 4) is 0 Å². The van der Waals surface area contributed by atoms with Gasteiger partial charge < -0.3 is 0 Å². The number of hydrogen-bond donors (Lipinski definition) is 0. The number of nitrogens with zero attached hydrogens (tertiary/aromatic N) is 2. The van der Waals surface area contributed by atoms with Gasteiger partial charge in [0, 0.05) is 23.2 Å². The summed E-state index contributed by atoms with van der Waals surface area (Å²) in [5, 5.41) is 2.46. The van der Waals surface area contributed by atoms with Gasteiger partial charge >= 0.3 is 0 Å². The van der Waals surface area contributed by atoms with Crippen LogP contribution < -0.4 is 0 Å². The molecule has 0 spiro atoms. The van der Waals surface area contributed by atoms with Crippen molar-refractivity contribution in [3.05, 3.63) is 23.5 Å². The average molecular weight is 269 g/mol. The monoisotopic (exact) mass is 268 g/mol. The summed E-state index contributed by atoms with van der Waals surface area (Å²) < 4.78 is 2.12. The summed E-state index contributed by atoms with van der Waals surface area (Å²) in [6, 6.07) is 0. The van der Waals surface area contributed by atoms with Crippen molar-refractivity contribution in [2.24, 2.45) is 5.92 Å². The number of fused-ring (bicyclic) bond motifs is 1. The molecule has 2 nitrogen and oxygen atoms in total. The van der Waals surface area contributed by atoms with Crippen LogP contribution in [0.15, 0.2) is 17.8 Å². The highest BCUT2D eigenvalue weighted by Crippen LogP contribution is 2.29. The van der Waals surface area contributed by atoms with Crippen molar-refractivity contribution in [2.45, 2.75) is 43.9 Å². The first-order valence-electron chi connectivity index (χ1n) is 6.36. The van der Waals surface area contributed by atoms with Crippen molar-refractivity contribution < 1.29 is 0 Å². The Balaban J connectivity index is 1.71. The number of hydrogen-bond acceptors (Lipinski definition) is 2. The molecule has 2 aromatic rings. The van der Waals surface area contributed by atoms with E-state index in [2.05, 4.69) is 27.2 Å². The van der Waals surface area contributed by atoms with Crippen molar-refractivity contribution in [1.82, 2.24) is 9.38 Å². The second kappa shape index (κ2) is 4.99. The summed E-state index contributed by atoms with van der Waals surface area (Å²) in [5.41, 5.74) is 1.23. The second-order valence-electron chi connectivity index (χ2n) is 5.01. The molecule has 0 bridgehead atoms. The van der Waals surface area contributed by atoms with Crippen molar-refractivity contribution in [3.63, 3.8) is 0 Å². The topological polar surface area (TPSA) is 17.3 Å². The predicted molar refractivity (Wildman–Crippen MR) is 73.0 cm³/mol. The summed E-state index contributed by atoms with van der Waals surface area (Å²) in [6.45, 7) is 0. The number of thiazole rings is 1. The van der Waals surface area contributed by atoms with Crippen molar-refractivity contribution >= 4 is 27.9 Å². The van der Waals surface area contributed by atoms with E-state index < -0.39 is 0 Å². The van der Waals surface area contributed by atoms with Crippen LogP contribution in [0.2, 0.25) is 0 Å². The van der Waals surface area contributed by atoms with Gasteiger partial charge in [-0.1, -0.05) is 19.3 Å². The molecule has 0 N–H and O–H groups in total. The summed E-state index contributed by atoms with van der Waals surface area (Å²) in [5.74, 6) is 0.726. The molecule has 1 saturated carbocycles. The molecule has 3 rings (SSSR count). The minimum absolute atomic E-state index is 0.381. The number of alkyl halides is 1. The van der Waals surface area contributed by atoms with Crippen molar-refractivity contribution in [1.29, 1.82) is 0 Å². The molecular weight excluding hydrogens is 252 g/mol. The zero-order valence-corrected chi connectivity index (χ0v) is 11.4. The smallest absolute Gasteiger partial charge is 0.193 e. The van der Waals surface area contributed by atoms with E-state index >= 15 is 0 Å². The Morgan fingerprint density at radius 2 is 2.29 bits per heavy atom. The van der Waals surface area contributed by atoms with E-state index in [0.717, 1.165) is 23.7 Å². The van der Waals surface area contributed by atoms with Crippen LogP contribution in [0.4, 0.5) is 0 Å². The Morgan fingerprint density at radius 3 is 3.18 bits per heavy atom. The molecule has 4 heteroatoms. The minimum atomic E-state index is 0.381. The molecule has 1 aliphatic rings. The maximum Gasteiger partial charge on any atom is 0.193 e. The van der Waals surface area contributed by atoms with Gasteiger partial charge in [0.15, 0.2) is 4.96 Å². The first-order valence-corrected chi connectivity index (χ1v) is 7.68. The van der Waals surface area contributed by atoms with E-state index in [9.17, 15) is 0 Å². The highest BCUT2D eigenvalue weighted by molar-refractivity contribution is 7.15. The van der Waals surface area contributed by atoms with Crippen LogP contribution in [0.25, 0.3) is 4.96 Å². The molecule has 0 saturated heterocycles. The first-order chi connectivity index (χ1) is 8.31. The molecule has 2 atom stereocenters. The summed E-state index contributed by atoms with van der Waals surface area (Å²) in [4.78, 5) is 5.77. The lowest BCUT2D eigenvalue weighted by Crippen LogP contribution is -2.08. The molecule has 92 valence electrons. The maximum absolute atomic E-state index is 6.32. The number of aromatic nitrogens is 2. The Kier molecular flexibility index (Phi) is 3.39. The van der Waals surface area contributed by atoms with Gasteiger partial charge in [-0.25, -0.2) is 4.98 Å². The molecule has 2 heterocycles. The van der Waals surface area contributed by atoms with E-state index in [1.807, 2.05) is 0 Å². The normalized spacial score (nSPS) is 26.2. The molecule has 2 aromatic heterocycles. The molecule has 17 heavy (non-hydrogen) atoms. The Labute approximate surface area is 111 Å². The lowest BCUT2D eigenvalue weighted by atomic mass is 9.95. The van der Waals surface area contributed by atoms with E-state index in [0.29, 0.717) is 5.38 Å². The van der Waals surface area contributed by atoms with Crippen LogP contribution in [-0.4, -0.2) is 14.8 Å². The molecule has 2 unspecified atom stereocenters. The summed E-state index contributed by atoms with van der Waals surface area (Å²) in [6.07, 6.45) is 11.6. The maximum atomic E-state index is 6.32. The molecule has 0 radical (unpaired) electrons. The fourth-order valence-corrected chi connectivity index (χ4v) is 3.88. The third-order valence-electron chi connectivity index (χ3n) is 3.61. The Morgan fingerprint density at radius 1 is 1.41 bits per heavy atom. The van der Waals surface area contributed by atoms with Gasteiger partial charge in [-0.3, -0.25) is 4.40 Å². The Hall–Kier alpha value is -0.540. The van der Waals surface area contributed by atoms with Gasteiger partial charge in [-0.15, -0.1) is 22.9 Å². The lowest BCUT2D eigenvalue weighted by molar-refractivity contribution is 0.456. The minimum Gasteiger partial charge on any atom is -0.297 e. The third kappa shape index (κ3) is 2.66. The van der Waals surface area contributed by atoms with Crippen LogP contribution in [0, 0.1) is 5.92 Å². The fraction of sp³-hybridized carbons (Fsp3) is 0.615. The highest BCUT2D eigenvalue weighted by atomic mass is 35.5. The van der Waals surface area contributed by atoms with Gasteiger partial charge in [-0.05, 0) is 25.2 Å². The second-order valence-corrected chi connectivity index (χ2v) is 6.50. The van der Waals surface area contributed by atoms with Crippen LogP contribution in [-0.2, 0) is 6.42 Å². The predicted octanol–water partition coefficient (Wildman–Crippen LogP) is 4.13. The van der Waals surface area contributed by atoms with Crippen LogP contribution in [0.3, 0.4) is 0 Å². The molecule has 1 aliphatic carbocycles. The van der Waals surface area contributed by atoms with Gasteiger partial charge in [0.25, 0.3) is 0 Å². The zero-order chi connectivity index (χ0) is 11.7. The molecular formula is C13H17ClN2S. The van der Waals surface area contributed by atoms with Gasteiger partial charge in [0.05, 0.1) is 5.69 Å². The number of imidazole rings is 1. The molecule has 0 amide bonds. The quantitative estimate of drug-likeness (QED) is 0.591. The van der Waals surface area contributed by atoms with E-state index in [4.69, 9.17) is 11.6 Å². The lowest BCUT2D eigenvalue weighted by Gasteiger charge is -2.14. The molecule has 1 fully saturated rings. The van der Waals surface area contributed by atoms with Gasteiger partial charge in [0.1, 0.15) is 0 Å². The van der Waals surface area contributed by atoms with E-state index in [1.165, 1.54) is 31.4 Å². The van der Waals surface area contributed by atoms with Gasteiger partial charge in [-0.2, -0.15) is 0 Å². The average Bonchev–Trinajstić information content (AvgIpc) is 2.78. The van der Waals surface area contributed by atoms with Crippen LogP contribution in [0.1, 0.15) is 37.8 Å². The number of rotatable bonds is 2. The van der Waals surface area contributed by atoms with E-state index in [-0.39, 0.29) is 0 Å². The largest absolute Gasteiger partial charge is 0.297 e. The zero-order valence-electron chi connectivity index (χ0n) is 9.81. The van der Waals surface area contributed by atoms with Crippen LogP contribution in [0.5, 0.6) is 0 Å². The third-order valence-corrected chi connectivity index (χ3v) is 4.78. The highest BCUT2D eigenvalue weighted by Gasteiger charge is 2.19. The number of halogens is 1. The standard InChI is InChI=1S/C13H17ClN2S/c14-11-4-2-1-3-10(7-11)8-12-9-16-5-6-17-13(16)15-12/h5-6,9-11H,1-4,7-8H2.